The highest BCUT2D eigenvalue weighted by atomic mass is 16.5. The van der Waals surface area contributed by atoms with Crippen LogP contribution < -0.4 is 10.3 Å². The molecule has 0 aliphatic rings. The Bertz CT molecular complexity index is 1420. The van der Waals surface area contributed by atoms with Crippen LogP contribution in [0.3, 0.4) is 0 Å². The van der Waals surface area contributed by atoms with Crippen LogP contribution in [0.1, 0.15) is 11.4 Å². The highest BCUT2D eigenvalue weighted by Crippen LogP contribution is 2.38. The lowest BCUT2D eigenvalue weighted by Gasteiger charge is -2.14. The molecule has 7 heteroatoms. The second kappa shape index (κ2) is 7.28. The van der Waals surface area contributed by atoms with Crippen LogP contribution in [0.15, 0.2) is 71.9 Å². The molecule has 0 unspecified atom stereocenters. The van der Waals surface area contributed by atoms with Crippen LogP contribution in [-0.2, 0) is 7.05 Å². The highest BCUT2D eigenvalue weighted by molar-refractivity contribution is 5.91. The number of hydrogen-bond acceptors (Lipinski definition) is 4. The van der Waals surface area contributed by atoms with Gasteiger partial charge in [0.1, 0.15) is 17.1 Å². The van der Waals surface area contributed by atoms with Gasteiger partial charge in [0.05, 0.1) is 11.2 Å². The fourth-order valence-electron chi connectivity index (χ4n) is 3.74. The van der Waals surface area contributed by atoms with E-state index in [-0.39, 0.29) is 5.56 Å². The molecule has 0 saturated carbocycles. The number of nitrogens with one attached hydrogen (secondary N) is 1. The summed E-state index contributed by atoms with van der Waals surface area (Å²) >= 11 is 0. The normalized spacial score (nSPS) is 11.2. The Morgan fingerprint density at radius 1 is 1.06 bits per heavy atom. The summed E-state index contributed by atoms with van der Waals surface area (Å²) in [6, 6.07) is 15.5. The standard InChI is InChI=1S/C24H21N5O2/c1-15-13-17(14-28(3)24(15)30)20-9-10-21-22(27-16(2)26-21)23(20)31-19-7-5-18(6-8-19)29-12-4-11-25-29/h4-14H,1-3H3,(H,26,27). The van der Waals surface area contributed by atoms with Crippen molar-refractivity contribution < 1.29 is 4.74 Å². The second-order valence-electron chi connectivity index (χ2n) is 7.54. The van der Waals surface area contributed by atoms with E-state index in [0.717, 1.165) is 33.7 Å². The van der Waals surface area contributed by atoms with Gasteiger partial charge in [-0.2, -0.15) is 5.10 Å². The first-order chi connectivity index (χ1) is 15.0. The molecular formula is C24H21N5O2. The number of pyridine rings is 1. The van der Waals surface area contributed by atoms with Crippen molar-refractivity contribution in [1.29, 1.82) is 0 Å². The quantitative estimate of drug-likeness (QED) is 0.472. The molecule has 0 aliphatic heterocycles. The Balaban J connectivity index is 1.63. The van der Waals surface area contributed by atoms with Crippen molar-refractivity contribution in [1.82, 2.24) is 24.3 Å². The molecule has 7 nitrogen and oxygen atoms in total. The number of hydrogen-bond donors (Lipinski definition) is 1. The number of aromatic amines is 1. The van der Waals surface area contributed by atoms with Gasteiger partial charge in [-0.3, -0.25) is 4.79 Å². The summed E-state index contributed by atoms with van der Waals surface area (Å²) < 4.78 is 9.76. The van der Waals surface area contributed by atoms with Crippen LogP contribution in [-0.4, -0.2) is 24.3 Å². The minimum absolute atomic E-state index is 0.0166. The van der Waals surface area contributed by atoms with E-state index in [1.807, 2.05) is 74.8 Å². The van der Waals surface area contributed by atoms with Gasteiger partial charge in [-0.15, -0.1) is 0 Å². The van der Waals surface area contributed by atoms with E-state index in [0.29, 0.717) is 17.1 Å². The van der Waals surface area contributed by atoms with Gasteiger partial charge in [0.25, 0.3) is 5.56 Å². The van der Waals surface area contributed by atoms with Crippen molar-refractivity contribution in [2.45, 2.75) is 13.8 Å². The predicted molar refractivity (Wildman–Crippen MR) is 120 cm³/mol. The van der Waals surface area contributed by atoms with Crippen LogP contribution in [0.4, 0.5) is 0 Å². The summed E-state index contributed by atoms with van der Waals surface area (Å²) in [7, 11) is 1.75. The number of aromatic nitrogens is 5. The largest absolute Gasteiger partial charge is 0.454 e. The number of imidazole rings is 1. The molecule has 0 aliphatic carbocycles. The van der Waals surface area contributed by atoms with Gasteiger partial charge in [-0.1, -0.05) is 0 Å². The molecule has 3 heterocycles. The lowest BCUT2D eigenvalue weighted by Crippen LogP contribution is -2.18. The van der Waals surface area contributed by atoms with Crippen molar-refractivity contribution in [3.8, 4) is 28.3 Å². The van der Waals surface area contributed by atoms with Gasteiger partial charge in [0.15, 0.2) is 5.75 Å². The average molecular weight is 411 g/mol. The van der Waals surface area contributed by atoms with E-state index < -0.39 is 0 Å². The Hall–Kier alpha value is -4.13. The summed E-state index contributed by atoms with van der Waals surface area (Å²) in [5.74, 6) is 2.14. The highest BCUT2D eigenvalue weighted by Gasteiger charge is 2.16. The van der Waals surface area contributed by atoms with Gasteiger partial charge in [0.2, 0.25) is 0 Å². The Morgan fingerprint density at radius 3 is 2.58 bits per heavy atom. The Labute approximate surface area is 178 Å². The van der Waals surface area contributed by atoms with E-state index in [1.165, 1.54) is 0 Å². The first-order valence-corrected chi connectivity index (χ1v) is 9.94. The van der Waals surface area contributed by atoms with Crippen molar-refractivity contribution in [3.63, 3.8) is 0 Å². The van der Waals surface area contributed by atoms with E-state index in [9.17, 15) is 4.79 Å². The van der Waals surface area contributed by atoms with Crippen molar-refractivity contribution in [3.05, 3.63) is 88.9 Å². The average Bonchev–Trinajstić information content (AvgIpc) is 3.42. The molecule has 5 aromatic rings. The molecule has 0 atom stereocenters. The second-order valence-corrected chi connectivity index (χ2v) is 7.54. The lowest BCUT2D eigenvalue weighted by molar-refractivity contribution is 0.489. The molecule has 0 amide bonds. The van der Waals surface area contributed by atoms with Gasteiger partial charge in [-0.05, 0) is 62.4 Å². The van der Waals surface area contributed by atoms with E-state index in [4.69, 9.17) is 4.74 Å². The van der Waals surface area contributed by atoms with Gasteiger partial charge < -0.3 is 14.3 Å². The molecule has 0 saturated heterocycles. The number of fused-ring (bicyclic) bond motifs is 1. The zero-order valence-electron chi connectivity index (χ0n) is 17.5. The lowest BCUT2D eigenvalue weighted by atomic mass is 10.0. The maximum Gasteiger partial charge on any atom is 0.253 e. The fourth-order valence-corrected chi connectivity index (χ4v) is 3.74. The predicted octanol–water partition coefficient (Wildman–Crippen LogP) is 4.52. The third-order valence-corrected chi connectivity index (χ3v) is 5.23. The van der Waals surface area contributed by atoms with Crippen LogP contribution in [0.5, 0.6) is 11.5 Å². The molecule has 0 spiro atoms. The summed E-state index contributed by atoms with van der Waals surface area (Å²) in [5.41, 5.74) is 5.01. The minimum Gasteiger partial charge on any atom is -0.454 e. The molecule has 2 aromatic carbocycles. The first-order valence-electron chi connectivity index (χ1n) is 9.94. The van der Waals surface area contributed by atoms with E-state index >= 15 is 0 Å². The molecule has 1 N–H and O–H groups in total. The van der Waals surface area contributed by atoms with E-state index in [2.05, 4.69) is 15.1 Å². The molecule has 0 fully saturated rings. The fraction of sp³-hybridized carbons (Fsp3) is 0.125. The number of rotatable bonds is 4. The molecular weight excluding hydrogens is 390 g/mol. The summed E-state index contributed by atoms with van der Waals surface area (Å²) in [6.07, 6.45) is 5.46. The summed E-state index contributed by atoms with van der Waals surface area (Å²) in [6.45, 7) is 3.73. The van der Waals surface area contributed by atoms with E-state index in [1.54, 1.807) is 22.5 Å². The Morgan fingerprint density at radius 2 is 1.87 bits per heavy atom. The number of nitrogens with zero attached hydrogens (tertiary/aromatic N) is 4. The molecule has 0 bridgehead atoms. The van der Waals surface area contributed by atoms with Crippen LogP contribution in [0, 0.1) is 13.8 Å². The maximum atomic E-state index is 12.2. The summed E-state index contributed by atoms with van der Waals surface area (Å²) in [4.78, 5) is 20.1. The van der Waals surface area contributed by atoms with Crippen molar-refractivity contribution in [2.75, 3.05) is 0 Å². The summed E-state index contributed by atoms with van der Waals surface area (Å²) in [5, 5.41) is 4.26. The number of aryl methyl sites for hydroxylation is 3. The van der Waals surface area contributed by atoms with Crippen molar-refractivity contribution >= 4 is 11.0 Å². The minimum atomic E-state index is -0.0166. The first kappa shape index (κ1) is 18.9. The maximum absolute atomic E-state index is 12.2. The molecule has 3 aromatic heterocycles. The topological polar surface area (TPSA) is 77.7 Å². The number of H-pyrrole nitrogens is 1. The van der Waals surface area contributed by atoms with Crippen LogP contribution in [0.2, 0.25) is 0 Å². The smallest absolute Gasteiger partial charge is 0.253 e. The molecule has 5 rings (SSSR count). The van der Waals surface area contributed by atoms with Crippen LogP contribution >= 0.6 is 0 Å². The number of benzene rings is 2. The monoisotopic (exact) mass is 411 g/mol. The SMILES string of the molecule is Cc1nc2c(Oc3ccc(-n4cccn4)cc3)c(-c3cc(C)c(=O)n(C)c3)ccc2[nH]1. The van der Waals surface area contributed by atoms with Gasteiger partial charge in [0, 0.05) is 42.3 Å². The van der Waals surface area contributed by atoms with Crippen LogP contribution in [0.25, 0.3) is 27.8 Å². The molecule has 0 radical (unpaired) electrons. The third kappa shape index (κ3) is 3.40. The zero-order chi connectivity index (χ0) is 21.5. The zero-order valence-corrected chi connectivity index (χ0v) is 17.5. The third-order valence-electron chi connectivity index (χ3n) is 5.23. The van der Waals surface area contributed by atoms with Crippen molar-refractivity contribution in [2.24, 2.45) is 7.05 Å². The molecule has 154 valence electrons. The molecule has 31 heavy (non-hydrogen) atoms. The Kier molecular flexibility index (Phi) is 4.43. The number of ether oxygens (including phenoxy) is 1. The van der Waals surface area contributed by atoms with Gasteiger partial charge >= 0.3 is 0 Å². The van der Waals surface area contributed by atoms with Gasteiger partial charge in [-0.25, -0.2) is 9.67 Å².